The molecule has 0 spiro atoms. The van der Waals surface area contributed by atoms with Gasteiger partial charge in [-0.05, 0) is 19.1 Å². The summed E-state index contributed by atoms with van der Waals surface area (Å²) in [6.07, 6.45) is -7.42. The fourth-order valence-electron chi connectivity index (χ4n) is 2.23. The van der Waals surface area contributed by atoms with Gasteiger partial charge in [-0.1, -0.05) is 48.0 Å². The van der Waals surface area contributed by atoms with Crippen molar-refractivity contribution in [1.82, 2.24) is 5.32 Å². The largest absolute Gasteiger partial charge is 0.448 e. The molecule has 1 N–H and O–H groups in total. The number of halogens is 3. The SMILES string of the molecule is Cc1ccc(C(OC(=O)CCNC(=O)c2ccccc2)C(F)(F)F)cc1. The highest BCUT2D eigenvalue weighted by atomic mass is 19.4. The van der Waals surface area contributed by atoms with E-state index in [1.165, 1.54) is 24.3 Å². The summed E-state index contributed by atoms with van der Waals surface area (Å²) >= 11 is 0. The third kappa shape index (κ3) is 5.61. The van der Waals surface area contributed by atoms with Gasteiger partial charge >= 0.3 is 12.1 Å². The van der Waals surface area contributed by atoms with Crippen molar-refractivity contribution in [1.29, 1.82) is 0 Å². The van der Waals surface area contributed by atoms with Crippen LogP contribution in [-0.2, 0) is 9.53 Å². The van der Waals surface area contributed by atoms with Crippen LogP contribution in [-0.4, -0.2) is 24.6 Å². The molecule has 0 aliphatic rings. The van der Waals surface area contributed by atoms with Gasteiger partial charge in [0.25, 0.3) is 5.91 Å². The van der Waals surface area contributed by atoms with Crippen LogP contribution in [0.2, 0.25) is 0 Å². The highest BCUT2D eigenvalue weighted by molar-refractivity contribution is 5.94. The van der Waals surface area contributed by atoms with E-state index in [2.05, 4.69) is 10.1 Å². The Morgan fingerprint density at radius 3 is 2.23 bits per heavy atom. The lowest BCUT2D eigenvalue weighted by molar-refractivity contribution is -0.224. The Hall–Kier alpha value is -2.83. The lowest BCUT2D eigenvalue weighted by Crippen LogP contribution is -2.29. The molecule has 1 amide bonds. The lowest BCUT2D eigenvalue weighted by Gasteiger charge is -2.21. The van der Waals surface area contributed by atoms with Gasteiger partial charge in [-0.25, -0.2) is 0 Å². The number of nitrogens with one attached hydrogen (secondary N) is 1. The van der Waals surface area contributed by atoms with E-state index in [4.69, 9.17) is 0 Å². The maximum absolute atomic E-state index is 13.2. The van der Waals surface area contributed by atoms with Crippen LogP contribution < -0.4 is 5.32 Å². The van der Waals surface area contributed by atoms with E-state index in [1.807, 2.05) is 0 Å². The maximum atomic E-state index is 13.2. The summed E-state index contributed by atoms with van der Waals surface area (Å²) in [7, 11) is 0. The molecule has 26 heavy (non-hydrogen) atoms. The fraction of sp³-hybridized carbons (Fsp3) is 0.263. The molecular formula is C19H18F3NO3. The molecule has 1 unspecified atom stereocenters. The molecule has 0 bridgehead atoms. The minimum Gasteiger partial charge on any atom is -0.448 e. The molecule has 0 saturated heterocycles. The molecule has 2 aromatic carbocycles. The van der Waals surface area contributed by atoms with Gasteiger partial charge in [-0.3, -0.25) is 9.59 Å². The van der Waals surface area contributed by atoms with Gasteiger partial charge in [-0.2, -0.15) is 13.2 Å². The maximum Gasteiger partial charge on any atom is 0.429 e. The number of hydrogen-bond acceptors (Lipinski definition) is 3. The Morgan fingerprint density at radius 2 is 1.65 bits per heavy atom. The van der Waals surface area contributed by atoms with Crippen molar-refractivity contribution in [3.63, 3.8) is 0 Å². The van der Waals surface area contributed by atoms with Crippen molar-refractivity contribution in [2.45, 2.75) is 25.6 Å². The first-order valence-corrected chi connectivity index (χ1v) is 7.93. The summed E-state index contributed by atoms with van der Waals surface area (Å²) in [6, 6.07) is 13.9. The standard InChI is InChI=1S/C19H18F3NO3/c1-13-7-9-14(10-8-13)17(19(20,21)22)26-16(24)11-12-23-18(25)15-5-3-2-4-6-15/h2-10,17H,11-12H2,1H3,(H,23,25). The number of rotatable bonds is 6. The van der Waals surface area contributed by atoms with Crippen LogP contribution in [0.5, 0.6) is 0 Å². The smallest absolute Gasteiger partial charge is 0.429 e. The van der Waals surface area contributed by atoms with Gasteiger partial charge in [0.1, 0.15) is 0 Å². The number of ether oxygens (including phenoxy) is 1. The minimum absolute atomic E-state index is 0.120. The van der Waals surface area contributed by atoms with Gasteiger partial charge in [0.15, 0.2) is 0 Å². The van der Waals surface area contributed by atoms with Crippen LogP contribution >= 0.6 is 0 Å². The predicted molar refractivity (Wildman–Crippen MR) is 89.5 cm³/mol. The normalized spacial score (nSPS) is 12.3. The zero-order chi connectivity index (χ0) is 19.2. The lowest BCUT2D eigenvalue weighted by atomic mass is 10.1. The molecule has 138 valence electrons. The minimum atomic E-state index is -4.72. The average molecular weight is 365 g/mol. The third-order valence-electron chi connectivity index (χ3n) is 3.58. The van der Waals surface area contributed by atoms with Crippen LogP contribution in [0, 0.1) is 6.92 Å². The highest BCUT2D eigenvalue weighted by Gasteiger charge is 2.43. The van der Waals surface area contributed by atoms with Crippen molar-refractivity contribution in [3.05, 3.63) is 71.3 Å². The Bertz CT molecular complexity index is 743. The van der Waals surface area contributed by atoms with E-state index in [9.17, 15) is 22.8 Å². The van der Waals surface area contributed by atoms with E-state index < -0.39 is 24.2 Å². The van der Waals surface area contributed by atoms with Crippen LogP contribution in [0.3, 0.4) is 0 Å². The number of hydrogen-bond donors (Lipinski definition) is 1. The first-order valence-electron chi connectivity index (χ1n) is 7.93. The molecule has 2 rings (SSSR count). The molecule has 0 heterocycles. The summed E-state index contributed by atoms with van der Waals surface area (Å²) in [5.74, 6) is -1.45. The summed E-state index contributed by atoms with van der Waals surface area (Å²) in [6.45, 7) is 1.62. The molecule has 2 aromatic rings. The summed E-state index contributed by atoms with van der Waals surface area (Å²) in [5, 5.41) is 2.47. The molecule has 4 nitrogen and oxygen atoms in total. The van der Waals surface area contributed by atoms with Gasteiger partial charge < -0.3 is 10.1 Å². The molecule has 0 radical (unpaired) electrons. The van der Waals surface area contributed by atoms with Crippen LogP contribution in [0.25, 0.3) is 0 Å². The molecule has 0 aliphatic carbocycles. The number of esters is 1. The van der Waals surface area contributed by atoms with E-state index in [0.29, 0.717) is 5.56 Å². The van der Waals surface area contributed by atoms with E-state index in [-0.39, 0.29) is 18.5 Å². The van der Waals surface area contributed by atoms with E-state index in [1.54, 1.807) is 37.3 Å². The molecule has 0 fully saturated rings. The molecule has 0 aromatic heterocycles. The van der Waals surface area contributed by atoms with Crippen molar-refractivity contribution in [2.24, 2.45) is 0 Å². The highest BCUT2D eigenvalue weighted by Crippen LogP contribution is 2.36. The van der Waals surface area contributed by atoms with Gasteiger partial charge in [0, 0.05) is 17.7 Å². The Morgan fingerprint density at radius 1 is 1.04 bits per heavy atom. The number of alkyl halides is 3. The number of carbonyl (C=O) groups excluding carboxylic acids is 2. The second kappa shape index (κ2) is 8.51. The van der Waals surface area contributed by atoms with Crippen molar-refractivity contribution >= 4 is 11.9 Å². The first-order chi connectivity index (χ1) is 12.3. The first kappa shape index (κ1) is 19.5. The van der Waals surface area contributed by atoms with E-state index >= 15 is 0 Å². The van der Waals surface area contributed by atoms with Gasteiger partial charge in [0.2, 0.25) is 6.10 Å². The summed E-state index contributed by atoms with van der Waals surface area (Å²) < 4.78 is 44.2. The van der Waals surface area contributed by atoms with E-state index in [0.717, 1.165) is 5.56 Å². The fourth-order valence-corrected chi connectivity index (χ4v) is 2.23. The van der Waals surface area contributed by atoms with Crippen molar-refractivity contribution in [2.75, 3.05) is 6.54 Å². The Labute approximate surface area is 149 Å². The third-order valence-corrected chi connectivity index (χ3v) is 3.58. The number of aryl methyl sites for hydroxylation is 1. The number of benzene rings is 2. The van der Waals surface area contributed by atoms with Gasteiger partial charge in [-0.15, -0.1) is 0 Å². The number of carbonyl (C=O) groups is 2. The Kier molecular flexibility index (Phi) is 6.38. The molecule has 0 saturated carbocycles. The molecular weight excluding hydrogens is 347 g/mol. The quantitative estimate of drug-likeness (QED) is 0.789. The molecule has 0 aliphatic heterocycles. The summed E-state index contributed by atoms with van der Waals surface area (Å²) in [5.41, 5.74) is 1.04. The van der Waals surface area contributed by atoms with Crippen molar-refractivity contribution in [3.8, 4) is 0 Å². The average Bonchev–Trinajstić information content (AvgIpc) is 2.60. The van der Waals surface area contributed by atoms with Crippen LogP contribution in [0.4, 0.5) is 13.2 Å². The Balaban J connectivity index is 1.91. The summed E-state index contributed by atoms with van der Waals surface area (Å²) in [4.78, 5) is 23.6. The number of amides is 1. The molecule has 7 heteroatoms. The second-order valence-corrected chi connectivity index (χ2v) is 5.69. The predicted octanol–water partition coefficient (Wildman–Crippen LogP) is 3.96. The molecule has 1 atom stereocenters. The van der Waals surface area contributed by atoms with Crippen molar-refractivity contribution < 1.29 is 27.5 Å². The zero-order valence-electron chi connectivity index (χ0n) is 14.0. The van der Waals surface area contributed by atoms with Crippen LogP contribution in [0.1, 0.15) is 34.0 Å². The van der Waals surface area contributed by atoms with Gasteiger partial charge in [0.05, 0.1) is 6.42 Å². The second-order valence-electron chi connectivity index (χ2n) is 5.69. The zero-order valence-corrected chi connectivity index (χ0v) is 14.0. The van der Waals surface area contributed by atoms with Crippen LogP contribution in [0.15, 0.2) is 54.6 Å². The topological polar surface area (TPSA) is 55.4 Å². The monoisotopic (exact) mass is 365 g/mol.